The second-order valence-electron chi connectivity index (χ2n) is 4.16. The maximum atomic E-state index is 13.6. The van der Waals surface area contributed by atoms with E-state index in [9.17, 15) is 4.39 Å². The zero-order valence-electron chi connectivity index (χ0n) is 11.4. The lowest BCUT2D eigenvalue weighted by atomic mass is 10.2. The number of nitrogens with two attached hydrogens (primary N) is 1. The number of halogens is 1. The first-order valence-electron chi connectivity index (χ1n) is 6.19. The Morgan fingerprint density at radius 3 is 2.70 bits per heavy atom. The predicted molar refractivity (Wildman–Crippen MR) is 73.9 cm³/mol. The second-order valence-corrected chi connectivity index (χ2v) is 4.16. The summed E-state index contributed by atoms with van der Waals surface area (Å²) in [6.07, 6.45) is 0. The number of ether oxygens (including phenoxy) is 1. The van der Waals surface area contributed by atoms with Crippen LogP contribution in [0.4, 0.5) is 16.3 Å². The summed E-state index contributed by atoms with van der Waals surface area (Å²) in [4.78, 5) is 13.7. The van der Waals surface area contributed by atoms with E-state index in [1.807, 2.05) is 6.92 Å². The number of aromatic nitrogens is 3. The molecule has 0 aliphatic carbocycles. The molecule has 1 aromatic heterocycles. The summed E-state index contributed by atoms with van der Waals surface area (Å²) in [5, 5.41) is 0. The molecule has 0 amide bonds. The van der Waals surface area contributed by atoms with E-state index in [1.165, 1.54) is 6.07 Å². The lowest BCUT2D eigenvalue weighted by Crippen LogP contribution is -2.21. The van der Waals surface area contributed by atoms with Crippen molar-refractivity contribution in [3.8, 4) is 6.01 Å². The van der Waals surface area contributed by atoms with Crippen LogP contribution < -0.4 is 15.4 Å². The Morgan fingerprint density at radius 1 is 1.25 bits per heavy atom. The SMILES string of the molecule is CCOc1nc(N)nc(N(C)Cc2ccccc2F)n1. The largest absolute Gasteiger partial charge is 0.464 e. The van der Waals surface area contributed by atoms with E-state index in [4.69, 9.17) is 10.5 Å². The fourth-order valence-electron chi connectivity index (χ4n) is 1.68. The topological polar surface area (TPSA) is 77.2 Å². The van der Waals surface area contributed by atoms with E-state index in [2.05, 4.69) is 15.0 Å². The monoisotopic (exact) mass is 277 g/mol. The molecule has 0 fully saturated rings. The van der Waals surface area contributed by atoms with Gasteiger partial charge in [-0.25, -0.2) is 4.39 Å². The standard InChI is InChI=1S/C13H16FN5O/c1-3-20-13-17-11(15)16-12(18-13)19(2)8-9-6-4-5-7-10(9)14/h4-7H,3,8H2,1-2H3,(H2,15,16,17,18). The molecule has 6 nitrogen and oxygen atoms in total. The van der Waals surface area contributed by atoms with Crippen LogP contribution in [0.3, 0.4) is 0 Å². The van der Waals surface area contributed by atoms with Gasteiger partial charge in [0.05, 0.1) is 6.61 Å². The minimum Gasteiger partial charge on any atom is -0.464 e. The van der Waals surface area contributed by atoms with Crippen molar-refractivity contribution >= 4 is 11.9 Å². The molecule has 2 rings (SSSR count). The molecule has 0 saturated carbocycles. The van der Waals surface area contributed by atoms with Gasteiger partial charge < -0.3 is 15.4 Å². The Kier molecular flexibility index (Phi) is 4.29. The molecule has 0 bridgehead atoms. The molecule has 0 saturated heterocycles. The van der Waals surface area contributed by atoms with Crippen LogP contribution in [-0.4, -0.2) is 28.6 Å². The summed E-state index contributed by atoms with van der Waals surface area (Å²) in [7, 11) is 1.75. The minimum absolute atomic E-state index is 0.0684. The van der Waals surface area contributed by atoms with Crippen molar-refractivity contribution in [2.45, 2.75) is 13.5 Å². The lowest BCUT2D eigenvalue weighted by molar-refractivity contribution is 0.312. The zero-order valence-corrected chi connectivity index (χ0v) is 11.4. The smallest absolute Gasteiger partial charge is 0.323 e. The highest BCUT2D eigenvalue weighted by molar-refractivity contribution is 5.36. The van der Waals surface area contributed by atoms with Crippen LogP contribution in [0.5, 0.6) is 6.01 Å². The van der Waals surface area contributed by atoms with Crippen molar-refractivity contribution in [1.82, 2.24) is 15.0 Å². The van der Waals surface area contributed by atoms with Gasteiger partial charge >= 0.3 is 6.01 Å². The molecular weight excluding hydrogens is 261 g/mol. The quantitative estimate of drug-likeness (QED) is 0.895. The molecule has 0 radical (unpaired) electrons. The van der Waals surface area contributed by atoms with Gasteiger partial charge in [0.15, 0.2) is 0 Å². The summed E-state index contributed by atoms with van der Waals surface area (Å²) in [6.45, 7) is 2.57. The van der Waals surface area contributed by atoms with Gasteiger partial charge in [0, 0.05) is 19.2 Å². The molecular formula is C13H16FN5O. The molecule has 0 aliphatic rings. The third-order valence-corrected chi connectivity index (χ3v) is 2.60. The molecule has 1 aromatic carbocycles. The van der Waals surface area contributed by atoms with E-state index >= 15 is 0 Å². The fraction of sp³-hybridized carbons (Fsp3) is 0.308. The highest BCUT2D eigenvalue weighted by atomic mass is 19.1. The predicted octanol–water partition coefficient (Wildman–Crippen LogP) is 1.63. The van der Waals surface area contributed by atoms with Crippen molar-refractivity contribution in [2.24, 2.45) is 0 Å². The normalized spacial score (nSPS) is 10.3. The highest BCUT2D eigenvalue weighted by Crippen LogP contribution is 2.16. The number of anilines is 2. The summed E-state index contributed by atoms with van der Waals surface area (Å²) < 4.78 is 18.8. The second kappa shape index (κ2) is 6.14. The molecule has 0 spiro atoms. The van der Waals surface area contributed by atoms with Gasteiger partial charge in [-0.2, -0.15) is 15.0 Å². The van der Waals surface area contributed by atoms with Gasteiger partial charge in [-0.3, -0.25) is 0 Å². The van der Waals surface area contributed by atoms with Gasteiger partial charge in [-0.1, -0.05) is 18.2 Å². The Hall–Kier alpha value is -2.44. The third kappa shape index (κ3) is 3.31. The van der Waals surface area contributed by atoms with Crippen LogP contribution in [0, 0.1) is 5.82 Å². The first kappa shape index (κ1) is 14.0. The van der Waals surface area contributed by atoms with Crippen LogP contribution >= 0.6 is 0 Å². The molecule has 106 valence electrons. The summed E-state index contributed by atoms with van der Waals surface area (Å²) >= 11 is 0. The molecule has 2 N–H and O–H groups in total. The number of nitrogens with zero attached hydrogens (tertiary/aromatic N) is 4. The average molecular weight is 277 g/mol. The third-order valence-electron chi connectivity index (χ3n) is 2.60. The van der Waals surface area contributed by atoms with Crippen LogP contribution in [0.2, 0.25) is 0 Å². The van der Waals surface area contributed by atoms with E-state index in [-0.39, 0.29) is 17.8 Å². The maximum Gasteiger partial charge on any atom is 0.323 e. The van der Waals surface area contributed by atoms with Gasteiger partial charge in [0.25, 0.3) is 0 Å². The summed E-state index contributed by atoms with van der Waals surface area (Å²) in [5.74, 6) is 0.134. The number of rotatable bonds is 5. The highest BCUT2D eigenvalue weighted by Gasteiger charge is 2.11. The number of hydrogen-bond donors (Lipinski definition) is 1. The van der Waals surface area contributed by atoms with Gasteiger partial charge in [-0.15, -0.1) is 0 Å². The first-order chi connectivity index (χ1) is 9.60. The Bertz CT molecular complexity index is 593. The van der Waals surface area contributed by atoms with Crippen molar-refractivity contribution < 1.29 is 9.13 Å². The molecule has 0 aliphatic heterocycles. The molecule has 7 heteroatoms. The van der Waals surface area contributed by atoms with Crippen LogP contribution in [0.25, 0.3) is 0 Å². The first-order valence-corrected chi connectivity index (χ1v) is 6.19. The van der Waals surface area contributed by atoms with E-state index < -0.39 is 0 Å². The lowest BCUT2D eigenvalue weighted by Gasteiger charge is -2.17. The van der Waals surface area contributed by atoms with Crippen LogP contribution in [0.1, 0.15) is 12.5 Å². The van der Waals surface area contributed by atoms with Gasteiger partial charge in [0.1, 0.15) is 5.82 Å². The number of hydrogen-bond acceptors (Lipinski definition) is 6. The molecule has 1 heterocycles. The number of benzene rings is 1. The van der Waals surface area contributed by atoms with Crippen molar-refractivity contribution in [1.29, 1.82) is 0 Å². The van der Waals surface area contributed by atoms with Crippen molar-refractivity contribution in [3.63, 3.8) is 0 Å². The average Bonchev–Trinajstić information content (AvgIpc) is 2.41. The molecule has 2 aromatic rings. The fourth-order valence-corrected chi connectivity index (χ4v) is 1.68. The van der Waals surface area contributed by atoms with Gasteiger partial charge in [0.2, 0.25) is 11.9 Å². The Labute approximate surface area is 116 Å². The zero-order chi connectivity index (χ0) is 14.5. The Morgan fingerprint density at radius 2 is 2.00 bits per heavy atom. The van der Waals surface area contributed by atoms with Crippen LogP contribution in [-0.2, 0) is 6.54 Å². The van der Waals surface area contributed by atoms with Crippen molar-refractivity contribution in [2.75, 3.05) is 24.3 Å². The Balaban J connectivity index is 2.20. The molecule has 0 atom stereocenters. The van der Waals surface area contributed by atoms with E-state index in [0.717, 1.165) is 0 Å². The summed E-state index contributed by atoms with van der Waals surface area (Å²) in [6, 6.07) is 6.71. The minimum atomic E-state index is -0.272. The number of nitrogen functional groups attached to an aromatic ring is 1. The van der Waals surface area contributed by atoms with Crippen LogP contribution in [0.15, 0.2) is 24.3 Å². The molecule has 20 heavy (non-hydrogen) atoms. The van der Waals surface area contributed by atoms with Crippen molar-refractivity contribution in [3.05, 3.63) is 35.6 Å². The summed E-state index contributed by atoms with van der Waals surface area (Å²) in [5.41, 5.74) is 6.16. The maximum absolute atomic E-state index is 13.6. The van der Waals surface area contributed by atoms with E-state index in [0.29, 0.717) is 24.7 Å². The van der Waals surface area contributed by atoms with Gasteiger partial charge in [-0.05, 0) is 13.0 Å². The molecule has 0 unspecified atom stereocenters. The van der Waals surface area contributed by atoms with E-state index in [1.54, 1.807) is 30.1 Å².